The quantitative estimate of drug-likeness (QED) is 0.895. The Balaban J connectivity index is 2.12. The molecule has 0 aliphatic rings. The zero-order chi connectivity index (χ0) is 13.7. The molecular formula is C15H18N2O2. The zero-order valence-electron chi connectivity index (χ0n) is 11.2. The number of amides is 1. The van der Waals surface area contributed by atoms with E-state index in [1.807, 2.05) is 37.3 Å². The third-order valence-electron chi connectivity index (χ3n) is 3.14. The van der Waals surface area contributed by atoms with Crippen molar-refractivity contribution in [1.29, 1.82) is 0 Å². The maximum absolute atomic E-state index is 11.9. The third kappa shape index (κ3) is 3.09. The number of benzene rings is 1. The molecule has 4 heteroatoms. The second-order valence-electron chi connectivity index (χ2n) is 4.34. The van der Waals surface area contributed by atoms with Crippen LogP contribution in [0.15, 0.2) is 36.5 Å². The Morgan fingerprint density at radius 3 is 2.89 bits per heavy atom. The summed E-state index contributed by atoms with van der Waals surface area (Å²) in [5, 5.41) is 3.97. The zero-order valence-corrected chi connectivity index (χ0v) is 11.2. The summed E-state index contributed by atoms with van der Waals surface area (Å²) in [5.74, 6) is -0.0779. The molecule has 4 nitrogen and oxygen atoms in total. The summed E-state index contributed by atoms with van der Waals surface area (Å²) in [5.41, 5.74) is 2.00. The lowest BCUT2D eigenvalue weighted by Gasteiger charge is -2.13. The van der Waals surface area contributed by atoms with Crippen molar-refractivity contribution in [2.75, 3.05) is 7.11 Å². The number of methoxy groups -OCH3 is 1. The van der Waals surface area contributed by atoms with Gasteiger partial charge in [0.25, 0.3) is 0 Å². The number of ether oxygens (including phenoxy) is 1. The van der Waals surface area contributed by atoms with Gasteiger partial charge in [-0.1, -0.05) is 25.1 Å². The highest BCUT2D eigenvalue weighted by molar-refractivity contribution is 5.84. The molecule has 2 aromatic rings. The fourth-order valence-electron chi connectivity index (χ4n) is 2.06. The number of nitrogens with one attached hydrogen (secondary N) is 1. The van der Waals surface area contributed by atoms with Crippen LogP contribution in [0.4, 0.5) is 0 Å². The Hall–Kier alpha value is -1.94. The van der Waals surface area contributed by atoms with Crippen molar-refractivity contribution in [3.05, 3.63) is 42.1 Å². The first-order valence-corrected chi connectivity index (χ1v) is 6.39. The fraction of sp³-hybridized carbons (Fsp3) is 0.333. The molecule has 0 saturated carbocycles. The van der Waals surface area contributed by atoms with Gasteiger partial charge in [0.15, 0.2) is 0 Å². The number of carbonyl (C=O) groups is 1. The van der Waals surface area contributed by atoms with Crippen molar-refractivity contribution in [3.8, 4) is 0 Å². The number of aromatic nitrogens is 1. The summed E-state index contributed by atoms with van der Waals surface area (Å²) < 4.78 is 5.11. The minimum absolute atomic E-state index is 0.0779. The van der Waals surface area contributed by atoms with Crippen LogP contribution in [0.3, 0.4) is 0 Å². The second-order valence-corrected chi connectivity index (χ2v) is 4.34. The van der Waals surface area contributed by atoms with E-state index in [1.54, 1.807) is 13.3 Å². The molecule has 1 heterocycles. The maximum atomic E-state index is 11.9. The van der Waals surface area contributed by atoms with E-state index in [4.69, 9.17) is 4.74 Å². The molecule has 2 rings (SSSR count). The predicted molar refractivity (Wildman–Crippen MR) is 74.7 cm³/mol. The SMILES string of the molecule is CCC(OC)C(=O)NCc1ccnc2ccccc12. The average Bonchev–Trinajstić information content (AvgIpc) is 2.46. The summed E-state index contributed by atoms with van der Waals surface area (Å²) in [6, 6.07) is 9.83. The molecule has 0 spiro atoms. The van der Waals surface area contributed by atoms with Crippen molar-refractivity contribution in [1.82, 2.24) is 10.3 Å². The second kappa shape index (κ2) is 6.29. The number of pyridine rings is 1. The lowest BCUT2D eigenvalue weighted by atomic mass is 10.1. The van der Waals surface area contributed by atoms with Crippen LogP contribution in [0, 0.1) is 0 Å². The smallest absolute Gasteiger partial charge is 0.249 e. The summed E-state index contributed by atoms with van der Waals surface area (Å²) in [6.45, 7) is 2.41. The lowest BCUT2D eigenvalue weighted by Crippen LogP contribution is -2.35. The molecule has 0 fully saturated rings. The van der Waals surface area contributed by atoms with Gasteiger partial charge in [-0.15, -0.1) is 0 Å². The molecule has 1 atom stereocenters. The van der Waals surface area contributed by atoms with Crippen molar-refractivity contribution >= 4 is 16.8 Å². The summed E-state index contributed by atoms with van der Waals surface area (Å²) in [6.07, 6.45) is 2.05. The first-order valence-electron chi connectivity index (χ1n) is 6.39. The minimum Gasteiger partial charge on any atom is -0.372 e. The molecule has 100 valence electrons. The molecule has 0 aliphatic carbocycles. The first kappa shape index (κ1) is 13.5. The van der Waals surface area contributed by atoms with Gasteiger partial charge < -0.3 is 10.1 Å². The van der Waals surface area contributed by atoms with E-state index < -0.39 is 0 Å². The molecule has 1 aromatic heterocycles. The van der Waals surface area contributed by atoms with E-state index in [2.05, 4.69) is 10.3 Å². The molecular weight excluding hydrogens is 240 g/mol. The van der Waals surface area contributed by atoms with Crippen LogP contribution in [-0.2, 0) is 16.1 Å². The Bertz CT molecular complexity index is 560. The van der Waals surface area contributed by atoms with Crippen molar-refractivity contribution in [2.24, 2.45) is 0 Å². The maximum Gasteiger partial charge on any atom is 0.249 e. The van der Waals surface area contributed by atoms with Crippen LogP contribution in [0.2, 0.25) is 0 Å². The van der Waals surface area contributed by atoms with Crippen LogP contribution >= 0.6 is 0 Å². The van der Waals surface area contributed by atoms with Crippen LogP contribution < -0.4 is 5.32 Å². The van der Waals surface area contributed by atoms with Crippen molar-refractivity contribution in [2.45, 2.75) is 26.0 Å². The van der Waals surface area contributed by atoms with Gasteiger partial charge in [0.1, 0.15) is 6.10 Å². The molecule has 0 aliphatic heterocycles. The van der Waals surface area contributed by atoms with Gasteiger partial charge in [-0.2, -0.15) is 0 Å². The Labute approximate surface area is 112 Å². The van der Waals surface area contributed by atoms with E-state index in [-0.39, 0.29) is 12.0 Å². The first-order chi connectivity index (χ1) is 9.26. The summed E-state index contributed by atoms with van der Waals surface area (Å²) in [4.78, 5) is 16.2. The number of fused-ring (bicyclic) bond motifs is 1. The Kier molecular flexibility index (Phi) is 4.47. The van der Waals surface area contributed by atoms with Gasteiger partial charge in [0.2, 0.25) is 5.91 Å². The molecule has 1 N–H and O–H groups in total. The van der Waals surface area contributed by atoms with Gasteiger partial charge in [0, 0.05) is 25.2 Å². The summed E-state index contributed by atoms with van der Waals surface area (Å²) in [7, 11) is 1.55. The van der Waals surface area contributed by atoms with E-state index in [1.165, 1.54) is 0 Å². The number of nitrogens with zero attached hydrogens (tertiary/aromatic N) is 1. The number of para-hydroxylation sites is 1. The number of rotatable bonds is 5. The van der Waals surface area contributed by atoms with Gasteiger partial charge in [-0.05, 0) is 24.1 Å². The molecule has 0 radical (unpaired) electrons. The van der Waals surface area contributed by atoms with Crippen LogP contribution in [0.1, 0.15) is 18.9 Å². The summed E-state index contributed by atoms with van der Waals surface area (Å²) >= 11 is 0. The highest BCUT2D eigenvalue weighted by Crippen LogP contribution is 2.15. The molecule has 19 heavy (non-hydrogen) atoms. The normalized spacial score (nSPS) is 12.3. The van der Waals surface area contributed by atoms with Gasteiger partial charge in [-0.3, -0.25) is 9.78 Å². The van der Waals surface area contributed by atoms with Crippen LogP contribution in [0.25, 0.3) is 10.9 Å². The van der Waals surface area contributed by atoms with Crippen molar-refractivity contribution < 1.29 is 9.53 Å². The molecule has 1 aromatic carbocycles. The van der Waals surface area contributed by atoms with Gasteiger partial charge in [-0.25, -0.2) is 0 Å². The largest absolute Gasteiger partial charge is 0.372 e. The van der Waals surface area contributed by atoms with E-state index in [0.29, 0.717) is 13.0 Å². The number of hydrogen-bond donors (Lipinski definition) is 1. The van der Waals surface area contributed by atoms with E-state index >= 15 is 0 Å². The topological polar surface area (TPSA) is 51.2 Å². The van der Waals surface area contributed by atoms with E-state index in [0.717, 1.165) is 16.5 Å². The standard InChI is InChI=1S/C15H18N2O2/c1-3-14(19-2)15(18)17-10-11-8-9-16-13-7-5-4-6-12(11)13/h4-9,14H,3,10H2,1-2H3,(H,17,18). The Morgan fingerprint density at radius 1 is 1.37 bits per heavy atom. The highest BCUT2D eigenvalue weighted by atomic mass is 16.5. The molecule has 1 amide bonds. The Morgan fingerprint density at radius 2 is 2.16 bits per heavy atom. The van der Waals surface area contributed by atoms with Crippen LogP contribution in [0.5, 0.6) is 0 Å². The van der Waals surface area contributed by atoms with E-state index in [9.17, 15) is 4.79 Å². The van der Waals surface area contributed by atoms with Gasteiger partial charge >= 0.3 is 0 Å². The third-order valence-corrected chi connectivity index (χ3v) is 3.14. The lowest BCUT2D eigenvalue weighted by molar-refractivity contribution is -0.131. The molecule has 1 unspecified atom stereocenters. The van der Waals surface area contributed by atoms with Crippen molar-refractivity contribution in [3.63, 3.8) is 0 Å². The number of carbonyl (C=O) groups excluding carboxylic acids is 1. The molecule has 0 bridgehead atoms. The molecule has 0 saturated heterocycles. The predicted octanol–water partition coefficient (Wildman–Crippen LogP) is 2.28. The van der Waals surface area contributed by atoms with Crippen LogP contribution in [-0.4, -0.2) is 24.1 Å². The number of hydrogen-bond acceptors (Lipinski definition) is 3. The highest BCUT2D eigenvalue weighted by Gasteiger charge is 2.14. The fourth-order valence-corrected chi connectivity index (χ4v) is 2.06. The van der Waals surface area contributed by atoms with Gasteiger partial charge in [0.05, 0.1) is 5.52 Å². The average molecular weight is 258 g/mol. The minimum atomic E-state index is -0.381. The monoisotopic (exact) mass is 258 g/mol.